The van der Waals surface area contributed by atoms with Gasteiger partial charge in [0.05, 0.1) is 13.1 Å². The van der Waals surface area contributed by atoms with Crippen LogP contribution in [0.1, 0.15) is 24.0 Å². The average Bonchev–Trinajstić information content (AvgIpc) is 3.12. The van der Waals surface area contributed by atoms with E-state index in [1.807, 2.05) is 16.8 Å². The zero-order chi connectivity index (χ0) is 15.7. The van der Waals surface area contributed by atoms with Crippen molar-refractivity contribution in [1.29, 1.82) is 0 Å². The summed E-state index contributed by atoms with van der Waals surface area (Å²) in [6.07, 6.45) is -0.453. The van der Waals surface area contributed by atoms with Crippen LogP contribution in [0.15, 0.2) is 8.94 Å². The minimum absolute atomic E-state index is 0.0242. The highest BCUT2D eigenvalue weighted by atomic mass is 19.1. The molecule has 3 rings (SSSR count). The largest absolute Gasteiger partial charge is 0.408 e. The van der Waals surface area contributed by atoms with E-state index < -0.39 is 6.17 Å². The van der Waals surface area contributed by atoms with Crippen molar-refractivity contribution in [1.82, 2.24) is 25.2 Å². The Labute approximate surface area is 127 Å². The maximum Gasteiger partial charge on any atom is 0.318 e. The van der Waals surface area contributed by atoms with Crippen LogP contribution in [0.3, 0.4) is 0 Å². The molecule has 1 fully saturated rings. The van der Waals surface area contributed by atoms with Crippen LogP contribution in [0, 0.1) is 13.8 Å². The van der Waals surface area contributed by atoms with E-state index in [1.165, 1.54) is 0 Å². The van der Waals surface area contributed by atoms with Crippen LogP contribution in [-0.4, -0.2) is 57.6 Å². The molecular weight excluding hydrogens is 291 g/mol. The molecular formula is C13H19FN6O2. The molecule has 120 valence electrons. The molecule has 0 spiro atoms. The summed E-state index contributed by atoms with van der Waals surface area (Å²) in [4.78, 5) is 8.03. The molecule has 1 saturated heterocycles. The van der Waals surface area contributed by atoms with Crippen LogP contribution in [0.25, 0.3) is 0 Å². The summed E-state index contributed by atoms with van der Waals surface area (Å²) in [6, 6.07) is 0.355. The number of likely N-dealkylation sites (N-methyl/N-ethyl adjacent to an activating group) is 1. The highest BCUT2D eigenvalue weighted by Gasteiger charge is 2.35. The van der Waals surface area contributed by atoms with Crippen molar-refractivity contribution in [3.63, 3.8) is 0 Å². The summed E-state index contributed by atoms with van der Waals surface area (Å²) in [5.74, 6) is 1.64. The Hall–Kier alpha value is -2.03. The molecule has 0 N–H and O–H groups in total. The molecule has 0 bridgehead atoms. The van der Waals surface area contributed by atoms with E-state index in [0.717, 1.165) is 0 Å². The topological polar surface area (TPSA) is 84.3 Å². The standard InChI is InChI=1S/C13H19FN6O2/c1-8-15-12(22-18-8)7-19(3)6-11-4-10(14)5-20(11)13-17-16-9(2)21-13/h10-11H,4-7H2,1-3H3/t10-,11-/m0/s1. The lowest BCUT2D eigenvalue weighted by Gasteiger charge is -2.26. The van der Waals surface area contributed by atoms with E-state index in [-0.39, 0.29) is 12.6 Å². The highest BCUT2D eigenvalue weighted by molar-refractivity contribution is 5.30. The second-order valence-electron chi connectivity index (χ2n) is 5.67. The number of halogens is 1. The third-order valence-corrected chi connectivity index (χ3v) is 3.62. The zero-order valence-corrected chi connectivity index (χ0v) is 12.9. The molecule has 0 radical (unpaired) electrons. The van der Waals surface area contributed by atoms with E-state index >= 15 is 0 Å². The summed E-state index contributed by atoms with van der Waals surface area (Å²) in [5, 5.41) is 11.6. The van der Waals surface area contributed by atoms with Gasteiger partial charge in [-0.3, -0.25) is 4.90 Å². The second kappa shape index (κ2) is 5.99. The van der Waals surface area contributed by atoms with Gasteiger partial charge in [-0.2, -0.15) is 4.98 Å². The maximum absolute atomic E-state index is 13.8. The highest BCUT2D eigenvalue weighted by Crippen LogP contribution is 2.26. The molecule has 0 amide bonds. The normalized spacial score (nSPS) is 22.0. The van der Waals surface area contributed by atoms with E-state index in [2.05, 4.69) is 20.3 Å². The summed E-state index contributed by atoms with van der Waals surface area (Å²) < 4.78 is 24.3. The quantitative estimate of drug-likeness (QED) is 0.812. The molecule has 1 aliphatic heterocycles. The van der Waals surface area contributed by atoms with E-state index in [9.17, 15) is 4.39 Å². The first-order valence-electron chi connectivity index (χ1n) is 7.20. The van der Waals surface area contributed by atoms with Crippen LogP contribution in [0.4, 0.5) is 10.4 Å². The Balaban J connectivity index is 1.64. The molecule has 2 atom stereocenters. The van der Waals surface area contributed by atoms with Gasteiger partial charge in [0.1, 0.15) is 6.17 Å². The van der Waals surface area contributed by atoms with Crippen molar-refractivity contribution >= 4 is 6.01 Å². The first-order chi connectivity index (χ1) is 10.5. The second-order valence-corrected chi connectivity index (χ2v) is 5.67. The van der Waals surface area contributed by atoms with E-state index in [0.29, 0.717) is 43.1 Å². The van der Waals surface area contributed by atoms with Crippen LogP contribution < -0.4 is 4.90 Å². The van der Waals surface area contributed by atoms with Gasteiger partial charge in [0.15, 0.2) is 5.82 Å². The van der Waals surface area contributed by atoms with Gasteiger partial charge < -0.3 is 13.8 Å². The summed E-state index contributed by atoms with van der Waals surface area (Å²) in [7, 11) is 1.93. The Morgan fingerprint density at radius 2 is 2.18 bits per heavy atom. The molecule has 2 aromatic heterocycles. The number of rotatable bonds is 5. The lowest BCUT2D eigenvalue weighted by atomic mass is 10.2. The molecule has 2 aromatic rings. The lowest BCUT2D eigenvalue weighted by molar-refractivity contribution is 0.248. The van der Waals surface area contributed by atoms with Crippen molar-refractivity contribution in [3.8, 4) is 0 Å². The third kappa shape index (κ3) is 3.24. The molecule has 0 aliphatic carbocycles. The van der Waals surface area contributed by atoms with E-state index in [4.69, 9.17) is 8.94 Å². The lowest BCUT2D eigenvalue weighted by Crippen LogP contribution is -2.39. The third-order valence-electron chi connectivity index (χ3n) is 3.62. The fourth-order valence-corrected chi connectivity index (χ4v) is 2.73. The summed E-state index contributed by atoms with van der Waals surface area (Å²) in [6.45, 7) is 4.93. The van der Waals surface area contributed by atoms with Crippen molar-refractivity contribution in [2.45, 2.75) is 39.0 Å². The van der Waals surface area contributed by atoms with Crippen molar-refractivity contribution in [3.05, 3.63) is 17.6 Å². The van der Waals surface area contributed by atoms with Crippen LogP contribution in [0.2, 0.25) is 0 Å². The minimum atomic E-state index is -0.892. The van der Waals surface area contributed by atoms with Gasteiger partial charge in [-0.1, -0.05) is 10.3 Å². The van der Waals surface area contributed by atoms with Gasteiger partial charge in [0, 0.05) is 25.9 Å². The first kappa shape index (κ1) is 14.9. The predicted octanol–water partition coefficient (Wildman–Crippen LogP) is 1.12. The number of nitrogens with zero attached hydrogens (tertiary/aromatic N) is 6. The Kier molecular flexibility index (Phi) is 4.06. The fourth-order valence-electron chi connectivity index (χ4n) is 2.73. The van der Waals surface area contributed by atoms with Crippen LogP contribution in [0.5, 0.6) is 0 Å². The van der Waals surface area contributed by atoms with Gasteiger partial charge >= 0.3 is 6.01 Å². The molecule has 0 aromatic carbocycles. The monoisotopic (exact) mass is 310 g/mol. The van der Waals surface area contributed by atoms with Gasteiger partial charge in [-0.05, 0) is 14.0 Å². The molecule has 0 unspecified atom stereocenters. The van der Waals surface area contributed by atoms with Crippen LogP contribution >= 0.6 is 0 Å². The number of anilines is 1. The van der Waals surface area contributed by atoms with Gasteiger partial charge in [0.25, 0.3) is 0 Å². The molecule has 1 aliphatic rings. The summed E-state index contributed by atoms with van der Waals surface area (Å²) in [5.41, 5.74) is 0. The number of hydrogen-bond donors (Lipinski definition) is 0. The van der Waals surface area contributed by atoms with Gasteiger partial charge in [-0.15, -0.1) is 5.10 Å². The zero-order valence-electron chi connectivity index (χ0n) is 12.9. The van der Waals surface area contributed by atoms with Crippen molar-refractivity contribution in [2.75, 3.05) is 25.0 Å². The Bertz CT molecular complexity index is 630. The first-order valence-corrected chi connectivity index (χ1v) is 7.20. The number of hydrogen-bond acceptors (Lipinski definition) is 8. The minimum Gasteiger partial charge on any atom is -0.408 e. The van der Waals surface area contributed by atoms with Gasteiger partial charge in [-0.25, -0.2) is 4.39 Å². The number of aromatic nitrogens is 4. The molecule has 0 saturated carbocycles. The van der Waals surface area contributed by atoms with E-state index in [1.54, 1.807) is 13.8 Å². The maximum atomic E-state index is 13.8. The van der Waals surface area contributed by atoms with Crippen LogP contribution in [-0.2, 0) is 6.54 Å². The Morgan fingerprint density at radius 3 is 2.82 bits per heavy atom. The molecule has 22 heavy (non-hydrogen) atoms. The fraction of sp³-hybridized carbons (Fsp3) is 0.692. The molecule has 8 nitrogen and oxygen atoms in total. The van der Waals surface area contributed by atoms with Crippen molar-refractivity contribution < 1.29 is 13.3 Å². The molecule has 9 heteroatoms. The Morgan fingerprint density at radius 1 is 1.36 bits per heavy atom. The molecule has 3 heterocycles. The summed E-state index contributed by atoms with van der Waals surface area (Å²) >= 11 is 0. The smallest absolute Gasteiger partial charge is 0.318 e. The van der Waals surface area contributed by atoms with Crippen molar-refractivity contribution in [2.24, 2.45) is 0 Å². The predicted molar refractivity (Wildman–Crippen MR) is 75.1 cm³/mol. The number of alkyl halides is 1. The number of aryl methyl sites for hydroxylation is 2. The van der Waals surface area contributed by atoms with Gasteiger partial charge in [0.2, 0.25) is 11.8 Å². The SMILES string of the molecule is Cc1noc(CN(C)C[C@@H]2C[C@H](F)CN2c2nnc(C)o2)n1. The average molecular weight is 310 g/mol.